The average Bonchev–Trinajstić information content (AvgIpc) is 2.13. The second kappa shape index (κ2) is 4.25. The van der Waals surface area contributed by atoms with Gasteiger partial charge in [0.15, 0.2) is 0 Å². The molecule has 0 aromatic heterocycles. The Bertz CT molecular complexity index is 398. The molecular weight excluding hydrogens is 208 g/mol. The van der Waals surface area contributed by atoms with Gasteiger partial charge in [-0.3, -0.25) is 0 Å². The smallest absolute Gasteiger partial charge is 0.0387 e. The third-order valence-electron chi connectivity index (χ3n) is 3.98. The molecule has 2 heteroatoms. The molecule has 0 radical (unpaired) electrons. The fourth-order valence-corrected chi connectivity index (χ4v) is 2.34. The molecule has 0 atom stereocenters. The van der Waals surface area contributed by atoms with E-state index in [9.17, 15) is 0 Å². The summed E-state index contributed by atoms with van der Waals surface area (Å²) in [6, 6.07) is 6.49. The third kappa shape index (κ3) is 2.41. The van der Waals surface area contributed by atoms with E-state index in [1.54, 1.807) is 0 Å². The molecule has 2 nitrogen and oxygen atoms in total. The summed E-state index contributed by atoms with van der Waals surface area (Å²) < 4.78 is 0. The Morgan fingerprint density at radius 1 is 1.29 bits per heavy atom. The van der Waals surface area contributed by atoms with Gasteiger partial charge in [-0.15, -0.1) is 0 Å². The van der Waals surface area contributed by atoms with Crippen LogP contribution in [0.3, 0.4) is 0 Å². The van der Waals surface area contributed by atoms with Gasteiger partial charge in [0.05, 0.1) is 0 Å². The van der Waals surface area contributed by atoms with Crippen LogP contribution in [0.25, 0.3) is 0 Å². The van der Waals surface area contributed by atoms with Crippen LogP contribution in [0.2, 0.25) is 0 Å². The Hall–Kier alpha value is -1.18. The van der Waals surface area contributed by atoms with Crippen molar-refractivity contribution < 1.29 is 0 Å². The van der Waals surface area contributed by atoms with Crippen LogP contribution in [0.4, 0.5) is 11.4 Å². The summed E-state index contributed by atoms with van der Waals surface area (Å²) in [5.41, 5.74) is 9.93. The summed E-state index contributed by atoms with van der Waals surface area (Å²) in [5.74, 6) is 0.801. The zero-order chi connectivity index (χ0) is 12.6. The van der Waals surface area contributed by atoms with E-state index < -0.39 is 0 Å². The van der Waals surface area contributed by atoms with Crippen molar-refractivity contribution in [1.82, 2.24) is 0 Å². The van der Waals surface area contributed by atoms with Crippen LogP contribution in [-0.4, -0.2) is 13.1 Å². The predicted octanol–water partition coefficient (Wildman–Crippen LogP) is 3.31. The second-order valence-electron chi connectivity index (χ2n) is 6.20. The molecule has 17 heavy (non-hydrogen) atoms. The summed E-state index contributed by atoms with van der Waals surface area (Å²) in [7, 11) is 0. The van der Waals surface area contributed by atoms with Gasteiger partial charge in [0.1, 0.15) is 0 Å². The molecule has 0 unspecified atom stereocenters. The zero-order valence-electron chi connectivity index (χ0n) is 11.5. The molecule has 2 rings (SSSR count). The molecule has 0 saturated carbocycles. The van der Waals surface area contributed by atoms with E-state index >= 15 is 0 Å². The normalized spacial score (nSPS) is 17.1. The van der Waals surface area contributed by atoms with Crippen molar-refractivity contribution in [2.24, 2.45) is 11.3 Å². The summed E-state index contributed by atoms with van der Waals surface area (Å²) in [5, 5.41) is 0. The van der Waals surface area contributed by atoms with Gasteiger partial charge >= 0.3 is 0 Å². The minimum atomic E-state index is 0.422. The topological polar surface area (TPSA) is 29.3 Å². The molecule has 1 fully saturated rings. The van der Waals surface area contributed by atoms with Gasteiger partial charge in [-0.1, -0.05) is 33.8 Å². The van der Waals surface area contributed by atoms with Crippen molar-refractivity contribution in [3.05, 3.63) is 23.8 Å². The van der Waals surface area contributed by atoms with Crippen molar-refractivity contribution in [2.75, 3.05) is 23.7 Å². The first kappa shape index (κ1) is 12.3. The first-order valence-electron chi connectivity index (χ1n) is 6.55. The molecule has 94 valence electrons. The Labute approximate surface area is 105 Å². The summed E-state index contributed by atoms with van der Waals surface area (Å²) in [6.45, 7) is 11.4. The first-order valence-corrected chi connectivity index (χ1v) is 6.55. The van der Waals surface area contributed by atoms with Crippen LogP contribution >= 0.6 is 0 Å². The standard InChI is InChI=1S/C15H24N2/c1-5-11-6-7-13(8-14(11)16)17-9-12(10-17)15(2,3)4/h6-8,12H,5,9-10,16H2,1-4H3. The Balaban J connectivity index is 2.04. The lowest BCUT2D eigenvalue weighted by Crippen LogP contribution is -2.52. The summed E-state index contributed by atoms with van der Waals surface area (Å²) in [6.07, 6.45) is 1.01. The van der Waals surface area contributed by atoms with E-state index in [0.29, 0.717) is 5.41 Å². The highest BCUT2D eigenvalue weighted by molar-refractivity contribution is 5.61. The Morgan fingerprint density at radius 2 is 1.94 bits per heavy atom. The number of benzene rings is 1. The minimum absolute atomic E-state index is 0.422. The van der Waals surface area contributed by atoms with Gasteiger partial charge in [0, 0.05) is 24.5 Å². The molecule has 0 bridgehead atoms. The van der Waals surface area contributed by atoms with E-state index in [1.165, 1.54) is 11.3 Å². The molecule has 1 aromatic carbocycles. The SMILES string of the molecule is CCc1ccc(N2CC(C(C)(C)C)C2)cc1N. The first-order chi connectivity index (χ1) is 7.91. The number of hydrogen-bond donors (Lipinski definition) is 1. The van der Waals surface area contributed by atoms with Crippen LogP contribution in [-0.2, 0) is 6.42 Å². The minimum Gasteiger partial charge on any atom is -0.398 e. The Kier molecular flexibility index (Phi) is 3.07. The zero-order valence-corrected chi connectivity index (χ0v) is 11.5. The molecule has 1 aromatic rings. The number of nitrogens with two attached hydrogens (primary N) is 1. The summed E-state index contributed by atoms with van der Waals surface area (Å²) >= 11 is 0. The maximum atomic E-state index is 6.04. The molecule has 1 aliphatic heterocycles. The second-order valence-corrected chi connectivity index (χ2v) is 6.20. The molecule has 0 spiro atoms. The quantitative estimate of drug-likeness (QED) is 0.793. The van der Waals surface area contributed by atoms with E-state index in [0.717, 1.165) is 31.1 Å². The maximum absolute atomic E-state index is 6.04. The number of aryl methyl sites for hydroxylation is 1. The van der Waals surface area contributed by atoms with E-state index in [2.05, 4.69) is 50.8 Å². The van der Waals surface area contributed by atoms with Crippen molar-refractivity contribution in [1.29, 1.82) is 0 Å². The van der Waals surface area contributed by atoms with E-state index in [-0.39, 0.29) is 0 Å². The van der Waals surface area contributed by atoms with Gasteiger partial charge in [0.2, 0.25) is 0 Å². The molecular formula is C15H24N2. The molecule has 1 aliphatic rings. The monoisotopic (exact) mass is 232 g/mol. The highest BCUT2D eigenvalue weighted by Crippen LogP contribution is 2.37. The van der Waals surface area contributed by atoms with E-state index in [1.807, 2.05) is 0 Å². The lowest BCUT2D eigenvalue weighted by Gasteiger charge is -2.47. The van der Waals surface area contributed by atoms with Crippen LogP contribution < -0.4 is 10.6 Å². The largest absolute Gasteiger partial charge is 0.398 e. The van der Waals surface area contributed by atoms with Gasteiger partial charge in [-0.2, -0.15) is 0 Å². The molecule has 1 saturated heterocycles. The number of rotatable bonds is 2. The number of nitrogen functional groups attached to an aromatic ring is 1. The number of hydrogen-bond acceptors (Lipinski definition) is 2. The lowest BCUT2D eigenvalue weighted by molar-refractivity contribution is 0.195. The van der Waals surface area contributed by atoms with Crippen LogP contribution in [0, 0.1) is 11.3 Å². The van der Waals surface area contributed by atoms with Gasteiger partial charge < -0.3 is 10.6 Å². The molecule has 2 N–H and O–H groups in total. The molecule has 1 heterocycles. The Morgan fingerprint density at radius 3 is 2.41 bits per heavy atom. The van der Waals surface area contributed by atoms with Crippen molar-refractivity contribution in [3.63, 3.8) is 0 Å². The van der Waals surface area contributed by atoms with Crippen molar-refractivity contribution >= 4 is 11.4 Å². The molecule has 0 amide bonds. The van der Waals surface area contributed by atoms with Crippen LogP contribution in [0.1, 0.15) is 33.3 Å². The highest BCUT2D eigenvalue weighted by Gasteiger charge is 2.35. The molecule has 0 aliphatic carbocycles. The van der Waals surface area contributed by atoms with Crippen molar-refractivity contribution in [2.45, 2.75) is 34.1 Å². The average molecular weight is 232 g/mol. The fraction of sp³-hybridized carbons (Fsp3) is 0.600. The van der Waals surface area contributed by atoms with E-state index in [4.69, 9.17) is 5.73 Å². The van der Waals surface area contributed by atoms with Crippen molar-refractivity contribution in [3.8, 4) is 0 Å². The van der Waals surface area contributed by atoms with Gasteiger partial charge in [-0.25, -0.2) is 0 Å². The van der Waals surface area contributed by atoms with Gasteiger partial charge in [0.25, 0.3) is 0 Å². The fourth-order valence-electron chi connectivity index (χ4n) is 2.34. The number of anilines is 2. The van der Waals surface area contributed by atoms with Crippen LogP contribution in [0.15, 0.2) is 18.2 Å². The number of nitrogens with zero attached hydrogens (tertiary/aromatic N) is 1. The van der Waals surface area contributed by atoms with Crippen LogP contribution in [0.5, 0.6) is 0 Å². The lowest BCUT2D eigenvalue weighted by atomic mass is 9.76. The van der Waals surface area contributed by atoms with Gasteiger partial charge in [-0.05, 0) is 35.4 Å². The highest BCUT2D eigenvalue weighted by atomic mass is 15.2. The third-order valence-corrected chi connectivity index (χ3v) is 3.98. The summed E-state index contributed by atoms with van der Waals surface area (Å²) in [4.78, 5) is 2.42. The maximum Gasteiger partial charge on any atom is 0.0387 e. The predicted molar refractivity (Wildman–Crippen MR) is 75.4 cm³/mol.